The first-order valence-corrected chi connectivity index (χ1v) is 12.6. The van der Waals surface area contributed by atoms with Gasteiger partial charge in [-0.3, -0.25) is 4.79 Å². The molecule has 1 amide bonds. The highest BCUT2D eigenvalue weighted by atomic mass is 16.5. The first kappa shape index (κ1) is 26.7. The summed E-state index contributed by atoms with van der Waals surface area (Å²) in [6.45, 7) is 0.463. The topological polar surface area (TPSA) is 86.7 Å². The quantitative estimate of drug-likeness (QED) is 0.517. The van der Waals surface area contributed by atoms with Gasteiger partial charge in [-0.25, -0.2) is 0 Å². The number of hydrogen-bond donors (Lipinski definition) is 1. The molecule has 8 heteroatoms. The van der Waals surface area contributed by atoms with Gasteiger partial charge in [-0.15, -0.1) is 0 Å². The van der Waals surface area contributed by atoms with Gasteiger partial charge in [0.05, 0.1) is 47.2 Å². The second-order valence-electron chi connectivity index (χ2n) is 9.59. The van der Waals surface area contributed by atoms with E-state index in [4.69, 9.17) is 23.7 Å². The number of benzene rings is 2. The molecule has 1 N–H and O–H groups in total. The average Bonchev–Trinajstić information content (AvgIpc) is 2.93. The van der Waals surface area contributed by atoms with Crippen molar-refractivity contribution < 1.29 is 33.6 Å². The second kappa shape index (κ2) is 11.3. The molecule has 0 aromatic heterocycles. The molecule has 1 saturated heterocycles. The molecule has 1 saturated carbocycles. The van der Waals surface area contributed by atoms with Crippen molar-refractivity contribution in [2.75, 3.05) is 42.1 Å². The fourth-order valence-electron chi connectivity index (χ4n) is 5.84. The van der Waals surface area contributed by atoms with E-state index in [0.717, 1.165) is 36.8 Å². The lowest BCUT2D eigenvalue weighted by Crippen LogP contribution is -2.56. The Balaban J connectivity index is 1.69. The molecule has 2 aromatic carbocycles. The van der Waals surface area contributed by atoms with Gasteiger partial charge in [-0.05, 0) is 60.7 Å². The number of ether oxygens (including phenoxy) is 5. The molecule has 37 heavy (non-hydrogen) atoms. The number of aliphatic hydroxyl groups is 1. The Labute approximate surface area is 218 Å². The van der Waals surface area contributed by atoms with Gasteiger partial charge in [-0.1, -0.05) is 18.9 Å². The molecular formula is C29H37NO7. The van der Waals surface area contributed by atoms with Gasteiger partial charge < -0.3 is 33.7 Å². The third-order valence-corrected chi connectivity index (χ3v) is 7.71. The van der Waals surface area contributed by atoms with E-state index in [1.165, 1.54) is 0 Å². The zero-order valence-electron chi connectivity index (χ0n) is 22.3. The molecule has 2 fully saturated rings. The van der Waals surface area contributed by atoms with E-state index in [0.29, 0.717) is 41.7 Å². The molecule has 2 aromatic rings. The van der Waals surface area contributed by atoms with Crippen molar-refractivity contribution in [3.8, 4) is 28.7 Å². The monoisotopic (exact) mass is 511 g/mol. The van der Waals surface area contributed by atoms with E-state index in [2.05, 4.69) is 0 Å². The minimum Gasteiger partial charge on any atom is -0.493 e. The van der Waals surface area contributed by atoms with E-state index in [-0.39, 0.29) is 17.9 Å². The maximum atomic E-state index is 13.7. The summed E-state index contributed by atoms with van der Waals surface area (Å²) in [5.74, 6) is 2.57. The van der Waals surface area contributed by atoms with Crippen molar-refractivity contribution in [1.82, 2.24) is 4.90 Å². The van der Waals surface area contributed by atoms with E-state index >= 15 is 0 Å². The fourth-order valence-corrected chi connectivity index (χ4v) is 5.84. The number of fused-ring (bicyclic) bond motifs is 1. The van der Waals surface area contributed by atoms with Crippen molar-refractivity contribution in [1.29, 1.82) is 0 Å². The van der Waals surface area contributed by atoms with Crippen LogP contribution in [0.2, 0.25) is 0 Å². The van der Waals surface area contributed by atoms with Crippen LogP contribution in [0.4, 0.5) is 0 Å². The fraction of sp³-hybridized carbons (Fsp3) is 0.483. The highest BCUT2D eigenvalue weighted by Crippen LogP contribution is 2.50. The van der Waals surface area contributed by atoms with Gasteiger partial charge in [-0.2, -0.15) is 0 Å². The largest absolute Gasteiger partial charge is 0.493 e. The summed E-state index contributed by atoms with van der Waals surface area (Å²) in [7, 11) is 7.87. The standard InChI is InChI=1S/C29H37NO7/c1-33-22-11-10-20(18-23(22)34-2)27-21-8-6-7-13-29(21,32)14-15-30(27)26(31)12-9-19-16-24(35-3)28(37-5)25(17-19)36-4/h9-12,16-18,21,27,32H,6-8,13-15H2,1-5H3/b12-9+/t21-,27+,29+/m1/s1. The molecule has 1 heterocycles. The Bertz CT molecular complexity index is 1120. The number of carbonyl (C=O) groups excluding carboxylic acids is 1. The van der Waals surface area contributed by atoms with E-state index in [1.54, 1.807) is 59.8 Å². The molecule has 0 unspecified atom stereocenters. The van der Waals surface area contributed by atoms with Gasteiger partial charge in [0.2, 0.25) is 11.7 Å². The summed E-state index contributed by atoms with van der Waals surface area (Å²) in [5, 5.41) is 11.6. The molecule has 200 valence electrons. The lowest BCUT2D eigenvalue weighted by molar-refractivity contribution is -0.150. The average molecular weight is 512 g/mol. The van der Waals surface area contributed by atoms with Crippen molar-refractivity contribution in [3.05, 3.63) is 47.5 Å². The zero-order valence-corrected chi connectivity index (χ0v) is 22.3. The third kappa shape index (κ3) is 5.21. The van der Waals surface area contributed by atoms with Gasteiger partial charge in [0, 0.05) is 18.5 Å². The van der Waals surface area contributed by atoms with Gasteiger partial charge in [0.15, 0.2) is 23.0 Å². The predicted octanol–water partition coefficient (Wildman–Crippen LogP) is 4.64. The number of nitrogens with zero attached hydrogens (tertiary/aromatic N) is 1. The van der Waals surface area contributed by atoms with Crippen LogP contribution in [0.15, 0.2) is 36.4 Å². The Morgan fingerprint density at radius 2 is 1.57 bits per heavy atom. The first-order chi connectivity index (χ1) is 17.9. The number of likely N-dealkylation sites (tertiary alicyclic amines) is 1. The van der Waals surface area contributed by atoms with Gasteiger partial charge in [0.25, 0.3) is 0 Å². The first-order valence-electron chi connectivity index (χ1n) is 12.6. The summed E-state index contributed by atoms with van der Waals surface area (Å²) in [6, 6.07) is 9.07. The lowest BCUT2D eigenvalue weighted by Gasteiger charge is -2.52. The maximum absolute atomic E-state index is 13.7. The number of amides is 1. The summed E-state index contributed by atoms with van der Waals surface area (Å²) in [6.07, 6.45) is 7.52. The maximum Gasteiger partial charge on any atom is 0.247 e. The smallest absolute Gasteiger partial charge is 0.247 e. The Morgan fingerprint density at radius 1 is 0.892 bits per heavy atom. The molecule has 1 aliphatic carbocycles. The molecule has 3 atom stereocenters. The predicted molar refractivity (Wildman–Crippen MR) is 141 cm³/mol. The second-order valence-corrected chi connectivity index (χ2v) is 9.59. The van der Waals surface area contributed by atoms with Crippen molar-refractivity contribution in [2.24, 2.45) is 5.92 Å². The third-order valence-electron chi connectivity index (χ3n) is 7.71. The summed E-state index contributed by atoms with van der Waals surface area (Å²) < 4.78 is 27.3. The van der Waals surface area contributed by atoms with E-state index in [1.807, 2.05) is 23.1 Å². The molecular weight excluding hydrogens is 474 g/mol. The summed E-state index contributed by atoms with van der Waals surface area (Å²) in [4.78, 5) is 15.5. The summed E-state index contributed by atoms with van der Waals surface area (Å²) >= 11 is 0. The van der Waals surface area contributed by atoms with Crippen LogP contribution in [0.25, 0.3) is 6.08 Å². The van der Waals surface area contributed by atoms with Gasteiger partial charge >= 0.3 is 0 Å². The van der Waals surface area contributed by atoms with Gasteiger partial charge in [0.1, 0.15) is 0 Å². The van der Waals surface area contributed by atoms with Crippen molar-refractivity contribution in [2.45, 2.75) is 43.7 Å². The van der Waals surface area contributed by atoms with E-state index < -0.39 is 5.60 Å². The van der Waals surface area contributed by atoms with Crippen LogP contribution in [0.1, 0.15) is 49.3 Å². The van der Waals surface area contributed by atoms with Crippen LogP contribution in [0.3, 0.4) is 0 Å². The molecule has 0 radical (unpaired) electrons. The van der Waals surface area contributed by atoms with Crippen molar-refractivity contribution in [3.63, 3.8) is 0 Å². The van der Waals surface area contributed by atoms with Crippen LogP contribution in [-0.4, -0.2) is 63.6 Å². The van der Waals surface area contributed by atoms with E-state index in [9.17, 15) is 9.90 Å². The Kier molecular flexibility index (Phi) is 8.17. The minimum absolute atomic E-state index is 0.0633. The SMILES string of the molecule is COc1ccc([C@H]2[C@H]3CCCC[C@]3(O)CCN2C(=O)/C=C/c2cc(OC)c(OC)c(OC)c2)cc1OC. The molecule has 2 aliphatic rings. The van der Waals surface area contributed by atoms with Crippen molar-refractivity contribution >= 4 is 12.0 Å². The van der Waals surface area contributed by atoms with Crippen LogP contribution in [0.5, 0.6) is 28.7 Å². The normalized spacial score (nSPS) is 23.4. The molecule has 4 rings (SSSR count). The molecule has 1 aliphatic heterocycles. The molecule has 8 nitrogen and oxygen atoms in total. The molecule has 0 bridgehead atoms. The number of piperidine rings is 1. The van der Waals surface area contributed by atoms with Crippen LogP contribution in [-0.2, 0) is 4.79 Å². The highest BCUT2D eigenvalue weighted by molar-refractivity contribution is 5.92. The minimum atomic E-state index is -0.784. The van der Waals surface area contributed by atoms with Crippen LogP contribution >= 0.6 is 0 Å². The zero-order chi connectivity index (χ0) is 26.6. The summed E-state index contributed by atoms with van der Waals surface area (Å²) in [5.41, 5.74) is 0.890. The lowest BCUT2D eigenvalue weighted by atomic mass is 9.66. The highest BCUT2D eigenvalue weighted by Gasteiger charge is 2.50. The Hall–Kier alpha value is -3.39. The van der Waals surface area contributed by atoms with Crippen LogP contribution in [0, 0.1) is 5.92 Å². The molecule has 0 spiro atoms. The number of hydrogen-bond acceptors (Lipinski definition) is 7. The number of rotatable bonds is 8. The number of methoxy groups -OCH3 is 5. The number of carbonyl (C=O) groups is 1. The Morgan fingerprint density at radius 3 is 2.19 bits per heavy atom. The van der Waals surface area contributed by atoms with Crippen LogP contribution < -0.4 is 23.7 Å².